The first-order chi connectivity index (χ1) is 8.17. The normalized spacial score (nSPS) is 21.0. The predicted octanol–water partition coefficient (Wildman–Crippen LogP) is 0.766. The molecule has 1 aliphatic heterocycles. The van der Waals surface area contributed by atoms with Crippen LogP contribution in [0.2, 0.25) is 0 Å². The van der Waals surface area contributed by atoms with Gasteiger partial charge in [0.25, 0.3) is 0 Å². The van der Waals surface area contributed by atoms with Crippen molar-refractivity contribution in [1.82, 2.24) is 9.80 Å². The maximum Gasteiger partial charge on any atom is 0.0709 e. The molecule has 0 aromatic heterocycles. The zero-order chi connectivity index (χ0) is 12.7. The molecule has 1 aliphatic rings. The van der Waals surface area contributed by atoms with Crippen LogP contribution in [0.5, 0.6) is 0 Å². The van der Waals surface area contributed by atoms with Crippen molar-refractivity contribution in [3.63, 3.8) is 0 Å². The molecule has 17 heavy (non-hydrogen) atoms. The van der Waals surface area contributed by atoms with Crippen molar-refractivity contribution >= 4 is 0 Å². The predicted molar refractivity (Wildman–Crippen MR) is 72.2 cm³/mol. The van der Waals surface area contributed by atoms with Crippen LogP contribution in [-0.4, -0.2) is 67.8 Å². The third kappa shape index (κ3) is 5.34. The molecule has 1 atom stereocenters. The minimum atomic E-state index is 0.239. The minimum absolute atomic E-state index is 0.239. The standard InChI is InChI=1S/C13H29N3O/c1-4-17-13(11-14)5-6-15-7-9-16(10-8-15)12(2)3/h12-13H,4-11,14H2,1-3H3. The van der Waals surface area contributed by atoms with E-state index in [1.165, 1.54) is 26.2 Å². The molecule has 0 aliphatic carbocycles. The number of hydrogen-bond acceptors (Lipinski definition) is 4. The number of piperazine rings is 1. The van der Waals surface area contributed by atoms with Crippen LogP contribution in [0.25, 0.3) is 0 Å². The molecule has 1 rings (SSSR count). The summed E-state index contributed by atoms with van der Waals surface area (Å²) in [5, 5.41) is 0. The molecule has 4 nitrogen and oxygen atoms in total. The second-order valence-electron chi connectivity index (χ2n) is 5.07. The summed E-state index contributed by atoms with van der Waals surface area (Å²) in [6, 6.07) is 0.678. The van der Waals surface area contributed by atoms with Gasteiger partial charge in [-0.2, -0.15) is 0 Å². The highest BCUT2D eigenvalue weighted by molar-refractivity contribution is 4.75. The molecule has 2 N–H and O–H groups in total. The molecule has 4 heteroatoms. The molecule has 0 aromatic carbocycles. The SMILES string of the molecule is CCOC(CN)CCN1CCN(C(C)C)CC1. The lowest BCUT2D eigenvalue weighted by Crippen LogP contribution is -2.49. The number of nitrogens with two attached hydrogens (primary N) is 1. The first kappa shape index (κ1) is 14.9. The average molecular weight is 243 g/mol. The van der Waals surface area contributed by atoms with Crippen LogP contribution in [0.1, 0.15) is 27.2 Å². The summed E-state index contributed by atoms with van der Waals surface area (Å²) in [7, 11) is 0. The van der Waals surface area contributed by atoms with Gasteiger partial charge in [0.05, 0.1) is 6.10 Å². The third-order valence-electron chi connectivity index (χ3n) is 3.57. The summed E-state index contributed by atoms with van der Waals surface area (Å²) in [4.78, 5) is 5.07. The van der Waals surface area contributed by atoms with Crippen LogP contribution in [-0.2, 0) is 4.74 Å². The van der Waals surface area contributed by atoms with Gasteiger partial charge >= 0.3 is 0 Å². The maximum absolute atomic E-state index is 5.68. The van der Waals surface area contributed by atoms with E-state index in [0.717, 1.165) is 19.6 Å². The first-order valence-electron chi connectivity index (χ1n) is 6.95. The lowest BCUT2D eigenvalue weighted by atomic mass is 10.2. The summed E-state index contributed by atoms with van der Waals surface area (Å²) in [5.74, 6) is 0. The number of ether oxygens (including phenoxy) is 1. The van der Waals surface area contributed by atoms with Crippen molar-refractivity contribution in [2.75, 3.05) is 45.9 Å². The Morgan fingerprint density at radius 1 is 1.18 bits per heavy atom. The third-order valence-corrected chi connectivity index (χ3v) is 3.57. The molecule has 0 aromatic rings. The summed E-state index contributed by atoms with van der Waals surface area (Å²) in [6.45, 7) is 13.9. The second-order valence-corrected chi connectivity index (χ2v) is 5.07. The maximum atomic E-state index is 5.68. The molecule has 1 fully saturated rings. The van der Waals surface area contributed by atoms with E-state index in [4.69, 9.17) is 10.5 Å². The first-order valence-corrected chi connectivity index (χ1v) is 6.95. The van der Waals surface area contributed by atoms with Gasteiger partial charge in [0.2, 0.25) is 0 Å². The zero-order valence-corrected chi connectivity index (χ0v) is 11.7. The van der Waals surface area contributed by atoms with Crippen LogP contribution >= 0.6 is 0 Å². The van der Waals surface area contributed by atoms with Crippen LogP contribution in [0.15, 0.2) is 0 Å². The molecule has 0 bridgehead atoms. The van der Waals surface area contributed by atoms with Gasteiger partial charge in [-0.1, -0.05) is 0 Å². The van der Waals surface area contributed by atoms with E-state index in [1.54, 1.807) is 0 Å². The Bertz CT molecular complexity index is 191. The summed E-state index contributed by atoms with van der Waals surface area (Å²) in [6.07, 6.45) is 1.30. The Labute approximate surface area is 106 Å². The second kappa shape index (κ2) is 8.03. The van der Waals surface area contributed by atoms with E-state index < -0.39 is 0 Å². The molecule has 0 radical (unpaired) electrons. The molecule has 102 valence electrons. The monoisotopic (exact) mass is 243 g/mol. The highest BCUT2D eigenvalue weighted by Gasteiger charge is 2.19. The fraction of sp³-hybridized carbons (Fsp3) is 1.00. The summed E-state index contributed by atoms with van der Waals surface area (Å²) >= 11 is 0. The van der Waals surface area contributed by atoms with Crippen LogP contribution in [0, 0.1) is 0 Å². The Morgan fingerprint density at radius 3 is 2.29 bits per heavy atom. The molecule has 0 amide bonds. The highest BCUT2D eigenvalue weighted by Crippen LogP contribution is 2.07. The van der Waals surface area contributed by atoms with E-state index in [1.807, 2.05) is 6.92 Å². The van der Waals surface area contributed by atoms with Crippen molar-refractivity contribution in [2.24, 2.45) is 5.73 Å². The Hall–Kier alpha value is -0.160. The Kier molecular flexibility index (Phi) is 7.04. The van der Waals surface area contributed by atoms with E-state index in [9.17, 15) is 0 Å². The van der Waals surface area contributed by atoms with Gasteiger partial charge in [-0.05, 0) is 27.2 Å². The smallest absolute Gasteiger partial charge is 0.0709 e. The van der Waals surface area contributed by atoms with Crippen molar-refractivity contribution < 1.29 is 4.74 Å². The van der Waals surface area contributed by atoms with Gasteiger partial charge in [-0.25, -0.2) is 0 Å². The Morgan fingerprint density at radius 2 is 1.82 bits per heavy atom. The van der Waals surface area contributed by atoms with E-state index in [-0.39, 0.29) is 6.10 Å². The largest absolute Gasteiger partial charge is 0.377 e. The topological polar surface area (TPSA) is 41.7 Å². The highest BCUT2D eigenvalue weighted by atomic mass is 16.5. The molecule has 0 spiro atoms. The van der Waals surface area contributed by atoms with Gasteiger partial charge in [0.15, 0.2) is 0 Å². The Balaban J connectivity index is 2.17. The quantitative estimate of drug-likeness (QED) is 0.717. The summed E-state index contributed by atoms with van der Waals surface area (Å²) < 4.78 is 5.58. The lowest BCUT2D eigenvalue weighted by molar-refractivity contribution is 0.0446. The van der Waals surface area contributed by atoms with E-state index in [0.29, 0.717) is 12.6 Å². The number of hydrogen-bond donors (Lipinski definition) is 1. The van der Waals surface area contributed by atoms with Gasteiger partial charge in [-0.15, -0.1) is 0 Å². The van der Waals surface area contributed by atoms with Gasteiger partial charge in [-0.3, -0.25) is 4.90 Å². The van der Waals surface area contributed by atoms with Crippen LogP contribution in [0.4, 0.5) is 0 Å². The molecule has 0 saturated carbocycles. The van der Waals surface area contributed by atoms with Gasteiger partial charge in [0, 0.05) is 51.9 Å². The number of nitrogens with zero attached hydrogens (tertiary/aromatic N) is 2. The van der Waals surface area contributed by atoms with Crippen molar-refractivity contribution in [3.05, 3.63) is 0 Å². The van der Waals surface area contributed by atoms with E-state index >= 15 is 0 Å². The fourth-order valence-electron chi connectivity index (χ4n) is 2.33. The van der Waals surface area contributed by atoms with E-state index in [2.05, 4.69) is 23.6 Å². The molecule has 1 saturated heterocycles. The average Bonchev–Trinajstić information content (AvgIpc) is 2.35. The fourth-order valence-corrected chi connectivity index (χ4v) is 2.33. The zero-order valence-electron chi connectivity index (χ0n) is 11.7. The van der Waals surface area contributed by atoms with Crippen LogP contribution in [0.3, 0.4) is 0 Å². The number of rotatable bonds is 7. The van der Waals surface area contributed by atoms with Gasteiger partial charge in [0.1, 0.15) is 0 Å². The molecular weight excluding hydrogens is 214 g/mol. The molecular formula is C13H29N3O. The van der Waals surface area contributed by atoms with Crippen molar-refractivity contribution in [2.45, 2.75) is 39.3 Å². The van der Waals surface area contributed by atoms with Gasteiger partial charge < -0.3 is 15.4 Å². The van der Waals surface area contributed by atoms with Crippen LogP contribution < -0.4 is 5.73 Å². The van der Waals surface area contributed by atoms with Crippen molar-refractivity contribution in [3.8, 4) is 0 Å². The molecule has 1 unspecified atom stereocenters. The van der Waals surface area contributed by atoms with Crippen molar-refractivity contribution in [1.29, 1.82) is 0 Å². The minimum Gasteiger partial charge on any atom is -0.377 e. The molecule has 1 heterocycles. The summed E-state index contributed by atoms with van der Waals surface area (Å²) in [5.41, 5.74) is 5.68. The lowest BCUT2D eigenvalue weighted by Gasteiger charge is -2.37.